The van der Waals surface area contributed by atoms with Crippen LogP contribution in [-0.2, 0) is 43.2 Å². The molecule has 0 fully saturated rings. The van der Waals surface area contributed by atoms with E-state index in [2.05, 4.69) is 21.3 Å². The smallest absolute Gasteiger partial charge is 0.326 e. The lowest BCUT2D eigenvalue weighted by atomic mass is 9.98. The first-order valence-electron chi connectivity index (χ1n) is 15.5. The van der Waals surface area contributed by atoms with Gasteiger partial charge in [0.2, 0.25) is 23.6 Å². The number of phenols is 1. The second-order valence-electron chi connectivity index (χ2n) is 12.5. The monoisotopic (exact) mass is 636 g/mol. The van der Waals surface area contributed by atoms with E-state index < -0.39 is 65.6 Å². The van der Waals surface area contributed by atoms with Crippen LogP contribution in [0, 0.1) is 11.8 Å². The summed E-state index contributed by atoms with van der Waals surface area (Å²) < 4.78 is 0. The minimum absolute atomic E-state index is 0.0907. The molecular formula is C35H48N4O7. The zero-order chi connectivity index (χ0) is 34.6. The molecule has 2 rings (SSSR count). The Balaban J connectivity index is 2.36. The van der Waals surface area contributed by atoms with Gasteiger partial charge in [-0.3, -0.25) is 19.2 Å². The molecule has 0 saturated heterocycles. The Hall–Kier alpha value is -4.67. The van der Waals surface area contributed by atoms with Crippen molar-refractivity contribution in [1.29, 1.82) is 0 Å². The summed E-state index contributed by atoms with van der Waals surface area (Å²) in [6, 6.07) is 9.61. The third-order valence-electron chi connectivity index (χ3n) is 7.40. The molecule has 0 radical (unpaired) electrons. The number of aromatic hydroxyl groups is 1. The van der Waals surface area contributed by atoms with Crippen molar-refractivity contribution in [3.63, 3.8) is 0 Å². The number of benzene rings is 2. The average Bonchev–Trinajstić information content (AvgIpc) is 2.97. The Bertz CT molecular complexity index is 1400. The number of carbonyl (C=O) groups is 5. The average molecular weight is 637 g/mol. The van der Waals surface area contributed by atoms with Crippen LogP contribution in [0.5, 0.6) is 5.75 Å². The standard InChI is InChI=1S/C35H48N4O7/c1-20(2)13-15-26-17-25(14-16-29(26)41)19-27(36-23(7)40)32(42)37-28(18-24-11-9-8-10-12-24)33(43)38-30(21(3)4)34(44)39-31(22(5)6)35(45)46/h8-14,16-17,21-22,27-28,30-31,41H,15,18-19H2,1-7H3,(H,36,40)(H,37,42)(H,38,43)(H,39,44)(H,45,46)/t27?,28-,30?,31?/m0/s1. The Kier molecular flexibility index (Phi) is 14.5. The summed E-state index contributed by atoms with van der Waals surface area (Å²) in [5, 5.41) is 30.5. The minimum atomic E-state index is -1.19. The molecule has 0 spiro atoms. The number of carboxylic acids is 1. The van der Waals surface area contributed by atoms with Crippen molar-refractivity contribution in [3.05, 3.63) is 76.9 Å². The van der Waals surface area contributed by atoms with Gasteiger partial charge in [-0.1, -0.05) is 81.8 Å². The zero-order valence-corrected chi connectivity index (χ0v) is 27.7. The highest BCUT2D eigenvalue weighted by molar-refractivity contribution is 5.95. The first-order valence-corrected chi connectivity index (χ1v) is 15.5. The fourth-order valence-electron chi connectivity index (χ4n) is 4.81. The number of nitrogens with one attached hydrogen (secondary N) is 4. The van der Waals surface area contributed by atoms with Crippen molar-refractivity contribution in [2.45, 2.75) is 91.9 Å². The van der Waals surface area contributed by atoms with Gasteiger partial charge in [-0.15, -0.1) is 0 Å². The third-order valence-corrected chi connectivity index (χ3v) is 7.40. The van der Waals surface area contributed by atoms with Crippen LogP contribution in [0.4, 0.5) is 0 Å². The van der Waals surface area contributed by atoms with Crippen molar-refractivity contribution in [1.82, 2.24) is 21.3 Å². The van der Waals surface area contributed by atoms with Gasteiger partial charge in [0, 0.05) is 19.8 Å². The topological polar surface area (TPSA) is 174 Å². The maximum absolute atomic E-state index is 13.7. The molecule has 11 nitrogen and oxygen atoms in total. The number of hydrogen-bond acceptors (Lipinski definition) is 6. The highest BCUT2D eigenvalue weighted by Gasteiger charge is 2.33. The number of aliphatic carboxylic acids is 1. The summed E-state index contributed by atoms with van der Waals surface area (Å²) in [5.41, 5.74) is 3.20. The van der Waals surface area contributed by atoms with Crippen LogP contribution in [0.15, 0.2) is 60.2 Å². The predicted octanol–water partition coefficient (Wildman–Crippen LogP) is 3.04. The number of carboxylic acid groups (broad SMARTS) is 1. The van der Waals surface area contributed by atoms with E-state index in [9.17, 15) is 34.2 Å². The zero-order valence-electron chi connectivity index (χ0n) is 27.7. The van der Waals surface area contributed by atoms with Crippen molar-refractivity contribution < 1.29 is 34.2 Å². The van der Waals surface area contributed by atoms with Gasteiger partial charge in [-0.25, -0.2) is 4.79 Å². The van der Waals surface area contributed by atoms with Crippen LogP contribution < -0.4 is 21.3 Å². The van der Waals surface area contributed by atoms with Gasteiger partial charge >= 0.3 is 5.97 Å². The third kappa shape index (κ3) is 12.0. The fourth-order valence-corrected chi connectivity index (χ4v) is 4.81. The molecule has 250 valence electrons. The molecule has 2 aromatic rings. The first kappa shape index (κ1) is 37.5. The van der Waals surface area contributed by atoms with Crippen LogP contribution in [0.3, 0.4) is 0 Å². The second-order valence-corrected chi connectivity index (χ2v) is 12.5. The van der Waals surface area contributed by atoms with E-state index in [0.717, 1.165) is 11.1 Å². The molecule has 46 heavy (non-hydrogen) atoms. The number of hydrogen-bond donors (Lipinski definition) is 6. The number of carbonyl (C=O) groups excluding carboxylic acids is 4. The molecule has 4 amide bonds. The lowest BCUT2D eigenvalue weighted by Crippen LogP contribution is -2.59. The molecule has 0 aliphatic heterocycles. The van der Waals surface area contributed by atoms with Crippen LogP contribution >= 0.6 is 0 Å². The van der Waals surface area contributed by atoms with E-state index in [1.165, 1.54) is 6.92 Å². The Morgan fingerprint density at radius 1 is 0.696 bits per heavy atom. The van der Waals surface area contributed by atoms with E-state index in [1.807, 2.05) is 26.0 Å². The van der Waals surface area contributed by atoms with Crippen LogP contribution in [0.2, 0.25) is 0 Å². The van der Waals surface area contributed by atoms with Crippen molar-refractivity contribution >= 4 is 29.6 Å². The molecule has 0 saturated carbocycles. The van der Waals surface area contributed by atoms with Crippen molar-refractivity contribution in [2.75, 3.05) is 0 Å². The fraction of sp³-hybridized carbons (Fsp3) is 0.457. The van der Waals surface area contributed by atoms with Crippen LogP contribution in [-0.4, -0.2) is 64.0 Å². The van der Waals surface area contributed by atoms with Gasteiger partial charge in [0.1, 0.15) is 29.9 Å². The van der Waals surface area contributed by atoms with E-state index in [0.29, 0.717) is 17.5 Å². The van der Waals surface area contributed by atoms with E-state index in [-0.39, 0.29) is 18.6 Å². The highest BCUT2D eigenvalue weighted by atomic mass is 16.4. The molecule has 2 aromatic carbocycles. The van der Waals surface area contributed by atoms with Crippen molar-refractivity contribution in [3.8, 4) is 5.75 Å². The molecule has 0 aliphatic rings. The Labute approximate surface area is 271 Å². The van der Waals surface area contributed by atoms with Gasteiger partial charge < -0.3 is 31.5 Å². The lowest BCUT2D eigenvalue weighted by Gasteiger charge is -2.28. The van der Waals surface area contributed by atoms with Gasteiger partial charge in [0.25, 0.3) is 0 Å². The summed E-state index contributed by atoms with van der Waals surface area (Å²) in [4.78, 5) is 64.4. The maximum Gasteiger partial charge on any atom is 0.326 e. The number of allylic oxidation sites excluding steroid dienone is 2. The summed E-state index contributed by atoms with van der Waals surface area (Å²) in [7, 11) is 0. The molecule has 6 N–H and O–H groups in total. The first-order chi connectivity index (χ1) is 21.6. The largest absolute Gasteiger partial charge is 0.508 e. The molecule has 0 heterocycles. The highest BCUT2D eigenvalue weighted by Crippen LogP contribution is 2.21. The Morgan fingerprint density at radius 2 is 1.24 bits per heavy atom. The summed E-state index contributed by atoms with van der Waals surface area (Å²) in [5.74, 6) is -4.21. The van der Waals surface area contributed by atoms with Gasteiger partial charge in [0.05, 0.1) is 0 Å². The number of rotatable bonds is 16. The summed E-state index contributed by atoms with van der Waals surface area (Å²) >= 11 is 0. The predicted molar refractivity (Wildman–Crippen MR) is 176 cm³/mol. The van der Waals surface area contributed by atoms with Crippen LogP contribution in [0.25, 0.3) is 0 Å². The molecule has 4 atom stereocenters. The molecular weight excluding hydrogens is 588 g/mol. The quantitative estimate of drug-likeness (QED) is 0.154. The summed E-state index contributed by atoms with van der Waals surface area (Å²) in [6.07, 6.45) is 2.65. The normalized spacial score (nSPS) is 13.6. The maximum atomic E-state index is 13.7. The van der Waals surface area contributed by atoms with Crippen molar-refractivity contribution in [2.24, 2.45) is 11.8 Å². The van der Waals surface area contributed by atoms with Gasteiger partial charge in [-0.05, 0) is 54.9 Å². The van der Waals surface area contributed by atoms with E-state index in [1.54, 1.807) is 70.2 Å². The SMILES string of the molecule is CC(=O)NC(Cc1ccc(O)c(CC=C(C)C)c1)C(=O)N[C@@H](Cc1ccccc1)C(=O)NC(C(=O)NC(C(=O)O)C(C)C)C(C)C. The number of amides is 4. The van der Waals surface area contributed by atoms with E-state index >= 15 is 0 Å². The molecule has 0 bridgehead atoms. The van der Waals surface area contributed by atoms with Crippen LogP contribution in [0.1, 0.15) is 65.2 Å². The number of phenolic OH excluding ortho intramolecular Hbond substituents is 1. The summed E-state index contributed by atoms with van der Waals surface area (Å²) in [6.45, 7) is 12.0. The lowest BCUT2D eigenvalue weighted by molar-refractivity contribution is -0.143. The molecule has 0 aliphatic carbocycles. The van der Waals surface area contributed by atoms with Gasteiger partial charge in [0.15, 0.2) is 0 Å². The Morgan fingerprint density at radius 3 is 1.78 bits per heavy atom. The minimum Gasteiger partial charge on any atom is -0.508 e. The molecule has 3 unspecified atom stereocenters. The molecule has 0 aromatic heterocycles. The second kappa shape index (κ2) is 17.7. The van der Waals surface area contributed by atoms with Gasteiger partial charge in [-0.2, -0.15) is 0 Å². The van der Waals surface area contributed by atoms with E-state index in [4.69, 9.17) is 0 Å². The molecule has 11 heteroatoms.